The summed E-state index contributed by atoms with van der Waals surface area (Å²) >= 11 is 0. The Morgan fingerprint density at radius 2 is 1.90 bits per heavy atom. The second-order valence-corrected chi connectivity index (χ2v) is 1.15. The maximum absolute atomic E-state index is 10.2. The minimum Gasteiger partial charge on any atom is -0.468 e. The van der Waals surface area contributed by atoms with E-state index in [1.54, 1.807) is 0 Å². The van der Waals surface area contributed by atoms with Crippen molar-refractivity contribution in [3.8, 4) is 0 Å². The summed E-state index contributed by atoms with van der Waals surface area (Å²) in [7, 11) is 2.48. The van der Waals surface area contributed by atoms with Crippen LogP contribution in [0, 0.1) is 5.41 Å². The Morgan fingerprint density at radius 1 is 1.40 bits per heavy atom. The average Bonchev–Trinajstić information content (AvgIpc) is 1.87. The van der Waals surface area contributed by atoms with Crippen LogP contribution in [-0.4, -0.2) is 26.3 Å². The molecule has 0 bridgehead atoms. The molecule has 0 fully saturated rings. The molecule has 0 atom stereocenters. The van der Waals surface area contributed by atoms with E-state index in [4.69, 9.17) is 5.41 Å². The predicted octanol–water partition coefficient (Wildman–Crippen LogP) is -0.0789. The molecule has 2 N–H and O–H groups in total. The molecule has 0 heterocycles. The molecule has 6 heteroatoms. The number of carbonyl (C=O) groups excluding carboxylic acids is 1. The summed E-state index contributed by atoms with van der Waals surface area (Å²) in [6, 6.07) is -0.332. The van der Waals surface area contributed by atoms with Crippen molar-refractivity contribution in [2.45, 2.75) is 0 Å². The number of amides is 1. The molecule has 0 unspecified atom stereocenters. The Labute approximate surface area is 71.3 Å². The van der Waals surface area contributed by atoms with Crippen LogP contribution in [0.5, 0.6) is 0 Å². The summed E-state index contributed by atoms with van der Waals surface area (Å²) in [6.45, 7) is 0. The number of alkyl carbamates (subject to hydrolysis) is 1. The summed E-state index contributed by atoms with van der Waals surface area (Å²) in [4.78, 5) is 10.2. The number of nitrogens with one attached hydrogen (secondary N) is 2. The van der Waals surface area contributed by atoms with E-state index < -0.39 is 6.09 Å². The van der Waals surface area contributed by atoms with E-state index in [1.165, 1.54) is 14.2 Å². The molecule has 0 aliphatic carbocycles. The van der Waals surface area contributed by atoms with E-state index in [0.717, 1.165) is 0 Å². The predicted molar refractivity (Wildman–Crippen MR) is 30.3 cm³/mol. The van der Waals surface area contributed by atoms with Crippen molar-refractivity contribution in [2.24, 2.45) is 0 Å². The van der Waals surface area contributed by atoms with Gasteiger partial charge in [-0.2, -0.15) is 0 Å². The van der Waals surface area contributed by atoms with E-state index in [0.29, 0.717) is 0 Å². The molecule has 0 spiro atoms. The van der Waals surface area contributed by atoms with Gasteiger partial charge >= 0.3 is 6.09 Å². The van der Waals surface area contributed by atoms with Gasteiger partial charge < -0.3 is 9.47 Å². The van der Waals surface area contributed by atoms with Crippen LogP contribution >= 0.6 is 0 Å². The molecule has 0 aromatic heterocycles. The zero-order valence-corrected chi connectivity index (χ0v) is 8.90. The van der Waals surface area contributed by atoms with Crippen molar-refractivity contribution in [1.82, 2.24) is 5.32 Å². The Kier molecular flexibility index (Phi) is 7.83. The smallest absolute Gasteiger partial charge is 0.414 e. The summed E-state index contributed by atoms with van der Waals surface area (Å²) in [5, 5.41) is 8.72. The summed E-state index contributed by atoms with van der Waals surface area (Å²) in [5.74, 6) is 0. The van der Waals surface area contributed by atoms with Gasteiger partial charge in [0.05, 0.1) is 14.2 Å². The Bertz CT molecular complexity index is 114. The van der Waals surface area contributed by atoms with Crippen molar-refractivity contribution in [2.75, 3.05) is 14.2 Å². The number of carbonyl (C=O) groups is 1. The summed E-state index contributed by atoms with van der Waals surface area (Å²) in [5.41, 5.74) is 0. The zero-order chi connectivity index (χ0) is 7.28. The maximum atomic E-state index is 10.2. The normalized spacial score (nSPS) is 7.00. The molecular weight excluding hydrogens is 189 g/mol. The maximum Gasteiger partial charge on any atom is 0.414 e. The third kappa shape index (κ3) is 5.50. The van der Waals surface area contributed by atoms with Gasteiger partial charge in [0.15, 0.2) is 0 Å². The van der Waals surface area contributed by atoms with E-state index in [-0.39, 0.29) is 25.5 Å². The van der Waals surface area contributed by atoms with E-state index in [2.05, 4.69) is 9.47 Å². The molecular formula is C4H8N2O3Zn. The van der Waals surface area contributed by atoms with Gasteiger partial charge in [-0.1, -0.05) is 0 Å². The topological polar surface area (TPSA) is 71.4 Å². The van der Waals surface area contributed by atoms with Crippen LogP contribution in [0.15, 0.2) is 0 Å². The van der Waals surface area contributed by atoms with Crippen LogP contribution in [0.4, 0.5) is 4.79 Å². The van der Waals surface area contributed by atoms with E-state index in [9.17, 15) is 4.79 Å². The van der Waals surface area contributed by atoms with Crippen molar-refractivity contribution in [1.29, 1.82) is 5.41 Å². The molecule has 54 valence electrons. The van der Waals surface area contributed by atoms with Crippen LogP contribution < -0.4 is 5.32 Å². The number of rotatable bonds is 0. The first-order valence-corrected chi connectivity index (χ1v) is 2.18. The number of amidine groups is 1. The third-order valence-corrected chi connectivity index (χ3v) is 0.605. The number of hydrogen-bond acceptors (Lipinski definition) is 4. The SMILES string of the molecule is COC(=N)NC(=O)OC.[Zn]. The number of ether oxygens (including phenoxy) is 2. The van der Waals surface area contributed by atoms with Gasteiger partial charge in [0, 0.05) is 19.5 Å². The molecule has 10 heavy (non-hydrogen) atoms. The largest absolute Gasteiger partial charge is 0.468 e. The number of hydrogen-bond donors (Lipinski definition) is 2. The molecule has 0 aliphatic rings. The Balaban J connectivity index is 0. The van der Waals surface area contributed by atoms with Gasteiger partial charge in [0.2, 0.25) is 0 Å². The van der Waals surface area contributed by atoms with Gasteiger partial charge in [-0.15, -0.1) is 0 Å². The average molecular weight is 198 g/mol. The fourth-order valence-corrected chi connectivity index (χ4v) is 0.195. The molecule has 0 saturated heterocycles. The number of methoxy groups -OCH3 is 2. The first-order valence-electron chi connectivity index (χ1n) is 2.18. The fourth-order valence-electron chi connectivity index (χ4n) is 0.195. The molecule has 0 aromatic rings. The van der Waals surface area contributed by atoms with Crippen molar-refractivity contribution in [3.63, 3.8) is 0 Å². The van der Waals surface area contributed by atoms with E-state index in [1.807, 2.05) is 5.32 Å². The van der Waals surface area contributed by atoms with Gasteiger partial charge in [0.25, 0.3) is 6.02 Å². The van der Waals surface area contributed by atoms with E-state index >= 15 is 0 Å². The third-order valence-electron chi connectivity index (χ3n) is 0.605. The van der Waals surface area contributed by atoms with Crippen LogP contribution in [-0.2, 0) is 29.0 Å². The van der Waals surface area contributed by atoms with Crippen LogP contribution in [0.1, 0.15) is 0 Å². The summed E-state index contributed by atoms with van der Waals surface area (Å²) in [6.07, 6.45) is -0.707. The van der Waals surface area contributed by atoms with Crippen LogP contribution in [0.25, 0.3) is 0 Å². The minimum absolute atomic E-state index is 0. The molecule has 1 amide bonds. The first-order chi connectivity index (χ1) is 4.20. The van der Waals surface area contributed by atoms with Crippen molar-refractivity contribution < 1.29 is 33.7 Å². The molecule has 0 aliphatic heterocycles. The quantitative estimate of drug-likeness (QED) is 0.324. The Hall–Kier alpha value is -0.637. The first kappa shape index (κ1) is 12.1. The Morgan fingerprint density at radius 3 is 2.20 bits per heavy atom. The zero-order valence-electron chi connectivity index (χ0n) is 5.93. The van der Waals surface area contributed by atoms with Crippen molar-refractivity contribution >= 4 is 12.1 Å². The second kappa shape index (κ2) is 6.48. The van der Waals surface area contributed by atoms with Gasteiger partial charge in [-0.3, -0.25) is 5.41 Å². The molecule has 5 nitrogen and oxygen atoms in total. The van der Waals surface area contributed by atoms with Crippen LogP contribution in [0.3, 0.4) is 0 Å². The van der Waals surface area contributed by atoms with Gasteiger partial charge in [-0.05, 0) is 0 Å². The second-order valence-electron chi connectivity index (χ2n) is 1.15. The molecule has 0 aromatic carbocycles. The van der Waals surface area contributed by atoms with Gasteiger partial charge in [-0.25, -0.2) is 10.1 Å². The fraction of sp³-hybridized carbons (Fsp3) is 0.500. The standard InChI is InChI=1S/C4H8N2O3.Zn/c1-8-3(5)6-4(7)9-2;/h1-2H3,(H2,5,6,7);. The minimum atomic E-state index is -0.707. The van der Waals surface area contributed by atoms with Crippen LogP contribution in [0.2, 0.25) is 0 Å². The monoisotopic (exact) mass is 196 g/mol. The van der Waals surface area contributed by atoms with Crippen molar-refractivity contribution in [3.05, 3.63) is 0 Å². The molecule has 0 saturated carbocycles. The summed E-state index contributed by atoms with van der Waals surface area (Å²) < 4.78 is 8.45. The van der Waals surface area contributed by atoms with Gasteiger partial charge in [0.1, 0.15) is 0 Å². The molecule has 0 rings (SSSR count). The molecule has 0 radical (unpaired) electrons.